The first kappa shape index (κ1) is 7.24. The highest BCUT2D eigenvalue weighted by molar-refractivity contribution is 9.10. The number of hydrogen-bond acceptors (Lipinski definition) is 2. The summed E-state index contributed by atoms with van der Waals surface area (Å²) < 4.78 is 3.41. The number of hydrogen-bond donors (Lipinski definition) is 0. The van der Waals surface area contributed by atoms with Crippen molar-refractivity contribution in [2.45, 2.75) is 0 Å². The number of fused-ring (bicyclic) bond motifs is 1. The van der Waals surface area contributed by atoms with E-state index in [0.717, 1.165) is 14.7 Å². The van der Waals surface area contributed by atoms with E-state index in [1.54, 1.807) is 10.7 Å². The summed E-state index contributed by atoms with van der Waals surface area (Å²) in [5.74, 6) is 0. The average Bonchev–Trinajstić information content (AvgIpc) is 2.27. The summed E-state index contributed by atoms with van der Waals surface area (Å²) in [7, 11) is 0. The van der Waals surface area contributed by atoms with Crippen LogP contribution in [0.4, 0.5) is 0 Å². The van der Waals surface area contributed by atoms with Crippen LogP contribution in [0.5, 0.6) is 0 Å². The molecule has 0 unspecified atom stereocenters. The van der Waals surface area contributed by atoms with Gasteiger partial charge >= 0.3 is 0 Å². The molecular weight excluding hydrogens is 274 g/mol. The van der Waals surface area contributed by atoms with Gasteiger partial charge < -0.3 is 0 Å². The number of nitrogens with zero attached hydrogens (tertiary/aromatic N) is 3. The largest absolute Gasteiger partial charge is 0.236 e. The van der Waals surface area contributed by atoms with E-state index in [9.17, 15) is 0 Å². The Morgan fingerprint density at radius 1 is 1.36 bits per heavy atom. The molecule has 0 spiro atoms. The van der Waals surface area contributed by atoms with E-state index >= 15 is 0 Å². The van der Waals surface area contributed by atoms with E-state index in [4.69, 9.17) is 0 Å². The van der Waals surface area contributed by atoms with Crippen molar-refractivity contribution in [1.29, 1.82) is 0 Å². The van der Waals surface area contributed by atoms with Crippen LogP contribution in [-0.4, -0.2) is 14.6 Å². The van der Waals surface area contributed by atoms with Gasteiger partial charge in [0.25, 0.3) is 0 Å². The second-order valence-electron chi connectivity index (χ2n) is 2.04. The third-order valence-electron chi connectivity index (χ3n) is 1.25. The van der Waals surface area contributed by atoms with Gasteiger partial charge in [-0.2, -0.15) is 5.10 Å². The lowest BCUT2D eigenvalue weighted by Gasteiger charge is -1.90. The predicted octanol–water partition coefficient (Wildman–Crippen LogP) is 2.25. The third-order valence-corrected chi connectivity index (χ3v) is 2.05. The molecule has 2 rings (SSSR count). The maximum Gasteiger partial charge on any atom is 0.156 e. The molecule has 0 aliphatic rings. The van der Waals surface area contributed by atoms with Crippen molar-refractivity contribution in [2.75, 3.05) is 0 Å². The summed E-state index contributed by atoms with van der Waals surface area (Å²) in [5.41, 5.74) is 0.833. The topological polar surface area (TPSA) is 30.2 Å². The van der Waals surface area contributed by atoms with Crippen LogP contribution < -0.4 is 0 Å². The van der Waals surface area contributed by atoms with Crippen molar-refractivity contribution in [1.82, 2.24) is 14.6 Å². The van der Waals surface area contributed by atoms with Gasteiger partial charge in [-0.1, -0.05) is 0 Å². The Labute approximate surface area is 79.7 Å². The Morgan fingerprint density at radius 2 is 2.18 bits per heavy atom. The molecule has 5 heteroatoms. The fourth-order valence-corrected chi connectivity index (χ4v) is 1.50. The van der Waals surface area contributed by atoms with E-state index in [0.29, 0.717) is 0 Å². The van der Waals surface area contributed by atoms with Crippen LogP contribution in [0.25, 0.3) is 5.65 Å². The fourth-order valence-electron chi connectivity index (χ4n) is 0.825. The van der Waals surface area contributed by atoms with Crippen molar-refractivity contribution in [3.8, 4) is 0 Å². The van der Waals surface area contributed by atoms with Crippen molar-refractivity contribution in [2.24, 2.45) is 0 Å². The van der Waals surface area contributed by atoms with Crippen LogP contribution in [0, 0.1) is 0 Å². The SMILES string of the molecule is Brc1cnc2cc(Br)nn2c1. The second-order valence-corrected chi connectivity index (χ2v) is 3.77. The van der Waals surface area contributed by atoms with Crippen molar-refractivity contribution in [3.05, 3.63) is 27.5 Å². The number of rotatable bonds is 0. The molecule has 0 aliphatic heterocycles. The van der Waals surface area contributed by atoms with Gasteiger partial charge in [0.1, 0.15) is 4.60 Å². The molecule has 0 N–H and O–H groups in total. The van der Waals surface area contributed by atoms with Crippen molar-refractivity contribution < 1.29 is 0 Å². The van der Waals surface area contributed by atoms with Gasteiger partial charge in [0.2, 0.25) is 0 Å². The molecule has 0 amide bonds. The molecule has 3 nitrogen and oxygen atoms in total. The molecule has 2 heterocycles. The second kappa shape index (κ2) is 2.57. The van der Waals surface area contributed by atoms with Gasteiger partial charge in [-0.15, -0.1) is 0 Å². The molecule has 11 heavy (non-hydrogen) atoms. The van der Waals surface area contributed by atoms with Crippen LogP contribution in [-0.2, 0) is 0 Å². The van der Waals surface area contributed by atoms with E-state index in [-0.39, 0.29) is 0 Å². The van der Waals surface area contributed by atoms with Gasteiger partial charge in [-0.25, -0.2) is 9.50 Å². The molecule has 0 aromatic carbocycles. The monoisotopic (exact) mass is 275 g/mol. The zero-order valence-corrected chi connectivity index (χ0v) is 8.50. The first-order valence-electron chi connectivity index (χ1n) is 2.92. The van der Waals surface area contributed by atoms with E-state index in [2.05, 4.69) is 41.9 Å². The molecule has 2 aromatic rings. The van der Waals surface area contributed by atoms with Gasteiger partial charge in [0, 0.05) is 18.5 Å². The number of aromatic nitrogens is 3. The minimum absolute atomic E-state index is 0.795. The lowest BCUT2D eigenvalue weighted by molar-refractivity contribution is 0.922. The minimum atomic E-state index is 0.795. The van der Waals surface area contributed by atoms with E-state index in [1.807, 2.05) is 12.3 Å². The Bertz CT molecular complexity index is 396. The standard InChI is InChI=1S/C6H3Br2N3/c7-4-2-9-6-1-5(8)10-11(6)3-4/h1-3H. The minimum Gasteiger partial charge on any atom is -0.236 e. The summed E-state index contributed by atoms with van der Waals surface area (Å²) in [6.07, 6.45) is 3.59. The Hall–Kier alpha value is -0.420. The third kappa shape index (κ3) is 1.30. The summed E-state index contributed by atoms with van der Waals surface area (Å²) in [6.45, 7) is 0. The summed E-state index contributed by atoms with van der Waals surface area (Å²) in [6, 6.07) is 1.85. The fraction of sp³-hybridized carbons (Fsp3) is 0. The average molecular weight is 277 g/mol. The molecule has 0 aliphatic carbocycles. The van der Waals surface area contributed by atoms with Crippen LogP contribution in [0.1, 0.15) is 0 Å². The smallest absolute Gasteiger partial charge is 0.156 e. The molecule has 0 atom stereocenters. The van der Waals surface area contributed by atoms with Gasteiger partial charge in [-0.3, -0.25) is 0 Å². The van der Waals surface area contributed by atoms with Gasteiger partial charge in [-0.05, 0) is 31.9 Å². The van der Waals surface area contributed by atoms with Crippen LogP contribution >= 0.6 is 31.9 Å². The first-order valence-corrected chi connectivity index (χ1v) is 4.51. The number of halogens is 2. The van der Waals surface area contributed by atoms with Crippen molar-refractivity contribution in [3.63, 3.8) is 0 Å². The predicted molar refractivity (Wildman–Crippen MR) is 48.4 cm³/mol. The van der Waals surface area contributed by atoms with Crippen LogP contribution in [0.3, 0.4) is 0 Å². The summed E-state index contributed by atoms with van der Waals surface area (Å²) >= 11 is 6.56. The molecule has 2 aromatic heterocycles. The molecule has 0 bridgehead atoms. The van der Waals surface area contributed by atoms with E-state index in [1.165, 1.54) is 0 Å². The first-order chi connectivity index (χ1) is 5.25. The highest BCUT2D eigenvalue weighted by Gasteiger charge is 1.98. The van der Waals surface area contributed by atoms with Crippen LogP contribution in [0.2, 0.25) is 0 Å². The molecule has 0 saturated heterocycles. The van der Waals surface area contributed by atoms with Gasteiger partial charge in [0.05, 0.1) is 4.47 Å². The van der Waals surface area contributed by atoms with Crippen molar-refractivity contribution >= 4 is 37.5 Å². The highest BCUT2D eigenvalue weighted by Crippen LogP contribution is 2.12. The normalized spacial score (nSPS) is 10.7. The Balaban J connectivity index is 2.82. The molecule has 56 valence electrons. The van der Waals surface area contributed by atoms with Gasteiger partial charge in [0.15, 0.2) is 5.65 Å². The lowest BCUT2D eigenvalue weighted by atomic mass is 10.6. The summed E-state index contributed by atoms with van der Waals surface area (Å²) in [5, 5.41) is 4.11. The molecule has 0 fully saturated rings. The van der Waals surface area contributed by atoms with E-state index < -0.39 is 0 Å². The Morgan fingerprint density at radius 3 is 3.00 bits per heavy atom. The molecular formula is C6H3Br2N3. The highest BCUT2D eigenvalue weighted by atomic mass is 79.9. The zero-order valence-electron chi connectivity index (χ0n) is 5.33. The van der Waals surface area contributed by atoms with Crippen LogP contribution in [0.15, 0.2) is 27.5 Å². The molecule has 0 radical (unpaired) electrons. The maximum absolute atomic E-state index is 4.13. The quantitative estimate of drug-likeness (QED) is 0.739. The zero-order chi connectivity index (χ0) is 7.84. The molecule has 0 saturated carbocycles. The summed E-state index contributed by atoms with van der Waals surface area (Å²) in [4.78, 5) is 4.13. The maximum atomic E-state index is 4.13. The lowest BCUT2D eigenvalue weighted by Crippen LogP contribution is -1.87. The Kier molecular flexibility index (Phi) is 1.69.